The van der Waals surface area contributed by atoms with Gasteiger partial charge in [-0.05, 0) is 43.9 Å². The van der Waals surface area contributed by atoms with Crippen LogP contribution >= 0.6 is 0 Å². The maximum atomic E-state index is 13.6. The number of nitrogens with zero attached hydrogens (tertiary/aromatic N) is 1. The van der Waals surface area contributed by atoms with Gasteiger partial charge in [0, 0.05) is 42.1 Å². The first-order valence-corrected chi connectivity index (χ1v) is 9.07. The summed E-state index contributed by atoms with van der Waals surface area (Å²) in [4.78, 5) is 29.6. The number of aliphatic hydroxyl groups is 1. The Morgan fingerprint density at radius 1 is 1.27 bits per heavy atom. The van der Waals surface area contributed by atoms with E-state index in [0.29, 0.717) is 17.4 Å². The summed E-state index contributed by atoms with van der Waals surface area (Å²) in [6, 6.07) is 5.37. The molecule has 1 aromatic carbocycles. The molecule has 0 spiro atoms. The van der Waals surface area contributed by atoms with Crippen molar-refractivity contribution in [1.82, 2.24) is 15.2 Å². The van der Waals surface area contributed by atoms with E-state index in [1.807, 2.05) is 0 Å². The number of β-amino-alcohol motifs (C(OH)–C–C–N with tert-alkyl or cyclic N) is 1. The van der Waals surface area contributed by atoms with Crippen LogP contribution in [0.5, 0.6) is 0 Å². The van der Waals surface area contributed by atoms with Gasteiger partial charge in [-0.15, -0.1) is 0 Å². The van der Waals surface area contributed by atoms with Gasteiger partial charge in [-0.2, -0.15) is 0 Å². The molecule has 26 heavy (non-hydrogen) atoms. The summed E-state index contributed by atoms with van der Waals surface area (Å²) in [6.07, 6.45) is 3.30. The van der Waals surface area contributed by atoms with Gasteiger partial charge in [0.15, 0.2) is 0 Å². The van der Waals surface area contributed by atoms with Crippen molar-refractivity contribution < 1.29 is 14.3 Å². The van der Waals surface area contributed by atoms with Crippen LogP contribution in [0.3, 0.4) is 0 Å². The second-order valence-electron chi connectivity index (χ2n) is 7.25. The van der Waals surface area contributed by atoms with Crippen LogP contribution in [0.25, 0.3) is 10.9 Å². The molecule has 2 heterocycles. The molecule has 2 fully saturated rings. The number of carbonyl (C=O) groups is 1. The van der Waals surface area contributed by atoms with Crippen molar-refractivity contribution in [3.8, 4) is 0 Å². The van der Waals surface area contributed by atoms with E-state index in [9.17, 15) is 19.1 Å². The number of hydrogen-bond acceptors (Lipinski definition) is 4. The third-order valence-electron chi connectivity index (χ3n) is 5.51. The van der Waals surface area contributed by atoms with Crippen LogP contribution in [-0.4, -0.2) is 52.2 Å². The Morgan fingerprint density at radius 2 is 2.12 bits per heavy atom. The number of likely N-dealkylation sites (tertiary alicyclic amines) is 1. The highest BCUT2D eigenvalue weighted by atomic mass is 19.1. The fraction of sp³-hybridized carbons (Fsp3) is 0.474. The zero-order chi connectivity index (χ0) is 18.3. The highest BCUT2D eigenvalue weighted by molar-refractivity contribution is 6.06. The topological polar surface area (TPSA) is 85.4 Å². The monoisotopic (exact) mass is 359 g/mol. The van der Waals surface area contributed by atoms with Gasteiger partial charge in [0.05, 0.1) is 11.7 Å². The number of benzene rings is 1. The van der Waals surface area contributed by atoms with E-state index >= 15 is 0 Å². The average molecular weight is 359 g/mol. The molecular formula is C19H22FN3O3. The highest BCUT2D eigenvalue weighted by Crippen LogP contribution is 2.28. The van der Waals surface area contributed by atoms with Crippen molar-refractivity contribution in [3.63, 3.8) is 0 Å². The number of rotatable bonds is 3. The van der Waals surface area contributed by atoms with Crippen LogP contribution < -0.4 is 10.9 Å². The minimum absolute atomic E-state index is 0.0318. The van der Waals surface area contributed by atoms with Gasteiger partial charge < -0.3 is 15.4 Å². The van der Waals surface area contributed by atoms with Crippen molar-refractivity contribution in [1.29, 1.82) is 0 Å². The van der Waals surface area contributed by atoms with Crippen LogP contribution in [0.15, 0.2) is 29.1 Å². The highest BCUT2D eigenvalue weighted by Gasteiger charge is 2.36. The minimum Gasteiger partial charge on any atom is -0.392 e. The normalized spacial score (nSPS) is 26.5. The molecule has 1 saturated carbocycles. The van der Waals surface area contributed by atoms with Crippen LogP contribution in [0.1, 0.15) is 36.0 Å². The lowest BCUT2D eigenvalue weighted by molar-refractivity contribution is 0.0907. The molecule has 1 aliphatic carbocycles. The molecule has 7 heteroatoms. The Kier molecular flexibility index (Phi) is 4.50. The van der Waals surface area contributed by atoms with Crippen molar-refractivity contribution >= 4 is 16.8 Å². The Bertz CT molecular complexity index is 897. The first kappa shape index (κ1) is 17.2. The van der Waals surface area contributed by atoms with Gasteiger partial charge in [-0.25, -0.2) is 4.39 Å². The standard InChI is InChI=1S/C19H22FN3O3/c20-11-4-5-15-13(8-11)14(9-18(25)21-15)19(26)22-16-2-1-3-17(16)23-7-6-12(24)10-23/h4-5,8-9,12,16-17,24H,1-3,6-7,10H2,(H,21,25)(H,22,26)/t12?,16-,17+/m1/s1. The second-order valence-corrected chi connectivity index (χ2v) is 7.25. The van der Waals surface area contributed by atoms with E-state index in [1.165, 1.54) is 24.3 Å². The summed E-state index contributed by atoms with van der Waals surface area (Å²) in [5.41, 5.74) is 0.241. The first-order chi connectivity index (χ1) is 12.5. The molecule has 1 unspecified atom stereocenters. The number of pyridine rings is 1. The van der Waals surface area contributed by atoms with E-state index in [4.69, 9.17) is 0 Å². The fourth-order valence-electron chi connectivity index (χ4n) is 4.28. The predicted molar refractivity (Wildman–Crippen MR) is 95.6 cm³/mol. The van der Waals surface area contributed by atoms with Gasteiger partial charge in [0.2, 0.25) is 5.56 Å². The number of nitrogens with one attached hydrogen (secondary N) is 2. The lowest BCUT2D eigenvalue weighted by atomic mass is 10.1. The Morgan fingerprint density at radius 3 is 2.88 bits per heavy atom. The Labute approximate surface area is 150 Å². The average Bonchev–Trinajstić information content (AvgIpc) is 3.23. The quantitative estimate of drug-likeness (QED) is 0.773. The smallest absolute Gasteiger partial charge is 0.252 e. The zero-order valence-corrected chi connectivity index (χ0v) is 14.4. The van der Waals surface area contributed by atoms with Gasteiger partial charge in [0.1, 0.15) is 5.82 Å². The second kappa shape index (κ2) is 6.81. The maximum absolute atomic E-state index is 13.6. The van der Waals surface area contributed by atoms with E-state index in [1.54, 1.807) is 0 Å². The number of halogens is 1. The number of aromatic amines is 1. The van der Waals surface area contributed by atoms with Crippen molar-refractivity contribution in [2.45, 2.75) is 43.9 Å². The molecule has 138 valence electrons. The number of carbonyl (C=O) groups excluding carboxylic acids is 1. The summed E-state index contributed by atoms with van der Waals surface area (Å²) in [7, 11) is 0. The molecule has 1 aliphatic heterocycles. The van der Waals surface area contributed by atoms with E-state index in [0.717, 1.165) is 32.2 Å². The van der Waals surface area contributed by atoms with Gasteiger partial charge in [-0.3, -0.25) is 14.5 Å². The van der Waals surface area contributed by atoms with Gasteiger partial charge in [-0.1, -0.05) is 0 Å². The molecule has 3 atom stereocenters. The van der Waals surface area contributed by atoms with Crippen LogP contribution in [0, 0.1) is 5.82 Å². The van der Waals surface area contributed by atoms with E-state index in [2.05, 4.69) is 15.2 Å². The molecule has 1 saturated heterocycles. The maximum Gasteiger partial charge on any atom is 0.252 e. The van der Waals surface area contributed by atoms with Crippen molar-refractivity contribution in [3.05, 3.63) is 46.0 Å². The number of H-pyrrole nitrogens is 1. The van der Waals surface area contributed by atoms with Crippen molar-refractivity contribution in [2.24, 2.45) is 0 Å². The largest absolute Gasteiger partial charge is 0.392 e. The fourth-order valence-corrected chi connectivity index (χ4v) is 4.28. The summed E-state index contributed by atoms with van der Waals surface area (Å²) >= 11 is 0. The number of amides is 1. The molecule has 1 amide bonds. The third-order valence-corrected chi connectivity index (χ3v) is 5.51. The van der Waals surface area contributed by atoms with Gasteiger partial charge >= 0.3 is 0 Å². The minimum atomic E-state index is -0.455. The lowest BCUT2D eigenvalue weighted by Gasteiger charge is -2.29. The molecule has 6 nitrogen and oxygen atoms in total. The molecule has 3 N–H and O–H groups in total. The number of aromatic nitrogens is 1. The first-order valence-electron chi connectivity index (χ1n) is 9.07. The zero-order valence-electron chi connectivity index (χ0n) is 14.4. The van der Waals surface area contributed by atoms with Crippen molar-refractivity contribution in [2.75, 3.05) is 13.1 Å². The summed E-state index contributed by atoms with van der Waals surface area (Å²) in [6.45, 7) is 1.47. The predicted octanol–water partition coefficient (Wildman–Crippen LogP) is 1.38. The SMILES string of the molecule is O=C(N[C@@H]1CCC[C@@H]1N1CCC(O)C1)c1cc(=O)[nH]c2ccc(F)cc12. The van der Waals surface area contributed by atoms with Crippen LogP contribution in [-0.2, 0) is 0 Å². The number of hydrogen-bond donors (Lipinski definition) is 3. The molecule has 2 aliphatic rings. The van der Waals surface area contributed by atoms with Crippen LogP contribution in [0.4, 0.5) is 4.39 Å². The Balaban J connectivity index is 1.59. The van der Waals surface area contributed by atoms with Gasteiger partial charge in [0.25, 0.3) is 5.91 Å². The number of fused-ring (bicyclic) bond motifs is 1. The lowest BCUT2D eigenvalue weighted by Crippen LogP contribution is -2.48. The number of aliphatic hydroxyl groups excluding tert-OH is 1. The molecular weight excluding hydrogens is 337 g/mol. The Hall–Kier alpha value is -2.25. The van der Waals surface area contributed by atoms with E-state index < -0.39 is 5.82 Å². The van der Waals surface area contributed by atoms with Crippen LogP contribution in [0.2, 0.25) is 0 Å². The molecule has 1 aromatic heterocycles. The molecule has 0 radical (unpaired) electrons. The summed E-state index contributed by atoms with van der Waals surface area (Å²) in [5.74, 6) is -0.813. The molecule has 2 aromatic rings. The summed E-state index contributed by atoms with van der Waals surface area (Å²) in [5, 5.41) is 13.2. The summed E-state index contributed by atoms with van der Waals surface area (Å²) < 4.78 is 13.6. The molecule has 4 rings (SSSR count). The van der Waals surface area contributed by atoms with E-state index in [-0.39, 0.29) is 35.2 Å². The third kappa shape index (κ3) is 3.24. The molecule has 0 bridgehead atoms.